The summed E-state index contributed by atoms with van der Waals surface area (Å²) in [6.45, 7) is 0.901. The molecule has 0 fully saturated rings. The monoisotopic (exact) mass is 284 g/mol. The molecule has 20 heavy (non-hydrogen) atoms. The molecule has 1 aromatic rings. The highest BCUT2D eigenvalue weighted by molar-refractivity contribution is 5.87. The molecule has 1 aromatic heterocycles. The SMILES string of the molecule is NC(=O)CC(NC(=O)NCCCn1ccnn1)C(=O)O. The van der Waals surface area contributed by atoms with E-state index in [1.165, 1.54) is 0 Å². The van der Waals surface area contributed by atoms with Gasteiger partial charge in [-0.25, -0.2) is 9.59 Å². The summed E-state index contributed by atoms with van der Waals surface area (Å²) >= 11 is 0. The number of nitrogens with two attached hydrogens (primary N) is 1. The van der Waals surface area contributed by atoms with Crippen molar-refractivity contribution >= 4 is 17.9 Å². The molecule has 0 spiro atoms. The summed E-state index contributed by atoms with van der Waals surface area (Å²) in [5.74, 6) is -2.12. The van der Waals surface area contributed by atoms with Gasteiger partial charge in [0.15, 0.2) is 0 Å². The number of nitrogens with one attached hydrogen (secondary N) is 2. The first-order valence-electron chi connectivity index (χ1n) is 5.88. The number of primary amides is 1. The molecule has 0 radical (unpaired) electrons. The maximum absolute atomic E-state index is 11.4. The van der Waals surface area contributed by atoms with Crippen LogP contribution in [0.5, 0.6) is 0 Å². The van der Waals surface area contributed by atoms with Crippen molar-refractivity contribution in [2.75, 3.05) is 6.54 Å². The third-order valence-electron chi connectivity index (χ3n) is 2.33. The maximum Gasteiger partial charge on any atom is 0.326 e. The summed E-state index contributed by atoms with van der Waals surface area (Å²) in [6.07, 6.45) is 3.38. The fourth-order valence-corrected chi connectivity index (χ4v) is 1.41. The highest BCUT2D eigenvalue weighted by Crippen LogP contribution is 1.92. The second-order valence-electron chi connectivity index (χ2n) is 3.98. The molecule has 1 heterocycles. The first kappa shape index (κ1) is 15.4. The number of hydrogen-bond donors (Lipinski definition) is 4. The van der Waals surface area contributed by atoms with Gasteiger partial charge in [0.1, 0.15) is 6.04 Å². The summed E-state index contributed by atoms with van der Waals surface area (Å²) in [7, 11) is 0. The number of carbonyl (C=O) groups is 3. The smallest absolute Gasteiger partial charge is 0.326 e. The Hall–Kier alpha value is -2.65. The Morgan fingerprint density at radius 3 is 2.70 bits per heavy atom. The Morgan fingerprint density at radius 1 is 1.40 bits per heavy atom. The normalized spacial score (nSPS) is 11.6. The predicted molar refractivity (Wildman–Crippen MR) is 66.4 cm³/mol. The highest BCUT2D eigenvalue weighted by atomic mass is 16.4. The van der Waals surface area contributed by atoms with E-state index >= 15 is 0 Å². The first-order chi connectivity index (χ1) is 9.49. The number of amides is 3. The molecule has 0 saturated heterocycles. The van der Waals surface area contributed by atoms with Crippen LogP contribution in [0.25, 0.3) is 0 Å². The van der Waals surface area contributed by atoms with Gasteiger partial charge in [-0.05, 0) is 6.42 Å². The van der Waals surface area contributed by atoms with Gasteiger partial charge in [-0.2, -0.15) is 0 Å². The van der Waals surface area contributed by atoms with Crippen molar-refractivity contribution in [3.63, 3.8) is 0 Å². The minimum absolute atomic E-state index is 0.328. The zero-order valence-corrected chi connectivity index (χ0v) is 10.7. The number of aromatic nitrogens is 3. The summed E-state index contributed by atoms with van der Waals surface area (Å²) < 4.78 is 1.60. The van der Waals surface area contributed by atoms with Gasteiger partial charge in [0.05, 0.1) is 12.6 Å². The fourth-order valence-electron chi connectivity index (χ4n) is 1.41. The minimum atomic E-state index is -1.33. The molecular formula is C10H16N6O4. The fraction of sp³-hybridized carbons (Fsp3) is 0.500. The molecule has 0 saturated carbocycles. The van der Waals surface area contributed by atoms with E-state index < -0.39 is 30.4 Å². The zero-order valence-electron chi connectivity index (χ0n) is 10.7. The highest BCUT2D eigenvalue weighted by Gasteiger charge is 2.21. The van der Waals surface area contributed by atoms with E-state index in [2.05, 4.69) is 20.9 Å². The van der Waals surface area contributed by atoms with Crippen LogP contribution in [-0.2, 0) is 16.1 Å². The molecule has 110 valence electrons. The van der Waals surface area contributed by atoms with Crippen LogP contribution in [-0.4, -0.2) is 50.6 Å². The number of carboxylic acid groups (broad SMARTS) is 1. The number of carbonyl (C=O) groups excluding carboxylic acids is 2. The summed E-state index contributed by atoms with van der Waals surface area (Å²) in [6, 6.07) is -2.00. The summed E-state index contributed by atoms with van der Waals surface area (Å²) in [5, 5.41) is 20.8. The van der Waals surface area contributed by atoms with Crippen LogP contribution in [0.3, 0.4) is 0 Å². The van der Waals surface area contributed by atoms with Gasteiger partial charge in [-0.1, -0.05) is 5.21 Å². The zero-order chi connectivity index (χ0) is 15.0. The number of nitrogens with zero attached hydrogens (tertiary/aromatic N) is 3. The van der Waals surface area contributed by atoms with Gasteiger partial charge in [-0.3, -0.25) is 9.48 Å². The Kier molecular flexibility index (Phi) is 5.94. The van der Waals surface area contributed by atoms with E-state index in [0.717, 1.165) is 0 Å². The van der Waals surface area contributed by atoms with E-state index in [4.69, 9.17) is 10.8 Å². The summed E-state index contributed by atoms with van der Waals surface area (Å²) in [4.78, 5) is 32.9. The molecule has 0 aliphatic rings. The van der Waals surface area contributed by atoms with Crippen LogP contribution in [0.2, 0.25) is 0 Å². The first-order valence-corrected chi connectivity index (χ1v) is 5.88. The molecule has 10 heteroatoms. The van der Waals surface area contributed by atoms with Crippen LogP contribution >= 0.6 is 0 Å². The molecule has 5 N–H and O–H groups in total. The van der Waals surface area contributed by atoms with Gasteiger partial charge in [0, 0.05) is 19.3 Å². The summed E-state index contributed by atoms with van der Waals surface area (Å²) in [5.41, 5.74) is 4.89. The van der Waals surface area contributed by atoms with Crippen molar-refractivity contribution in [2.45, 2.75) is 25.4 Å². The lowest BCUT2D eigenvalue weighted by atomic mass is 10.2. The quantitative estimate of drug-likeness (QED) is 0.417. The van der Waals surface area contributed by atoms with Crippen molar-refractivity contribution in [3.05, 3.63) is 12.4 Å². The number of aryl methyl sites for hydroxylation is 1. The second kappa shape index (κ2) is 7.71. The third-order valence-corrected chi connectivity index (χ3v) is 2.33. The van der Waals surface area contributed by atoms with Crippen LogP contribution in [0.1, 0.15) is 12.8 Å². The average molecular weight is 284 g/mol. The molecule has 0 aliphatic heterocycles. The van der Waals surface area contributed by atoms with Gasteiger partial charge >= 0.3 is 12.0 Å². The molecule has 1 rings (SSSR count). The Balaban J connectivity index is 2.24. The van der Waals surface area contributed by atoms with E-state index in [-0.39, 0.29) is 0 Å². The van der Waals surface area contributed by atoms with Gasteiger partial charge in [0.25, 0.3) is 0 Å². The number of hydrogen-bond acceptors (Lipinski definition) is 5. The molecular weight excluding hydrogens is 268 g/mol. The third kappa shape index (κ3) is 5.80. The van der Waals surface area contributed by atoms with Gasteiger partial charge < -0.3 is 21.5 Å². The lowest BCUT2D eigenvalue weighted by molar-refractivity contribution is -0.140. The second-order valence-corrected chi connectivity index (χ2v) is 3.98. The molecule has 0 aromatic carbocycles. The average Bonchev–Trinajstić information content (AvgIpc) is 2.86. The molecule has 1 unspecified atom stereocenters. The van der Waals surface area contributed by atoms with E-state index in [0.29, 0.717) is 19.5 Å². The molecule has 0 aliphatic carbocycles. The van der Waals surface area contributed by atoms with Crippen LogP contribution in [0.15, 0.2) is 12.4 Å². The topological polar surface area (TPSA) is 152 Å². The van der Waals surface area contributed by atoms with Crippen molar-refractivity contribution in [1.29, 1.82) is 0 Å². The van der Waals surface area contributed by atoms with E-state index in [1.807, 2.05) is 0 Å². The lowest BCUT2D eigenvalue weighted by Crippen LogP contribution is -2.47. The minimum Gasteiger partial charge on any atom is -0.480 e. The number of rotatable bonds is 8. The van der Waals surface area contributed by atoms with Crippen molar-refractivity contribution in [1.82, 2.24) is 25.6 Å². The Morgan fingerprint density at radius 2 is 2.15 bits per heavy atom. The standard InChI is InChI=1S/C10H16N6O4/c11-8(17)6-7(9(18)19)14-10(20)12-2-1-4-16-5-3-13-15-16/h3,5,7H,1-2,4,6H2,(H2,11,17)(H,18,19)(H2,12,14,20). The number of urea groups is 1. The van der Waals surface area contributed by atoms with Crippen LogP contribution < -0.4 is 16.4 Å². The maximum atomic E-state index is 11.4. The lowest BCUT2D eigenvalue weighted by Gasteiger charge is -2.13. The largest absolute Gasteiger partial charge is 0.480 e. The van der Waals surface area contributed by atoms with Crippen molar-refractivity contribution in [3.8, 4) is 0 Å². The number of aliphatic carboxylic acids is 1. The number of carboxylic acids is 1. The van der Waals surface area contributed by atoms with Gasteiger partial charge in [0.2, 0.25) is 5.91 Å². The molecule has 3 amide bonds. The Labute approximate surface area is 114 Å². The molecule has 1 atom stereocenters. The van der Waals surface area contributed by atoms with E-state index in [1.54, 1.807) is 17.1 Å². The predicted octanol–water partition coefficient (Wildman–Crippen LogP) is -1.70. The van der Waals surface area contributed by atoms with Gasteiger partial charge in [-0.15, -0.1) is 5.10 Å². The van der Waals surface area contributed by atoms with E-state index in [9.17, 15) is 14.4 Å². The molecule has 0 bridgehead atoms. The Bertz CT molecular complexity index is 460. The molecule has 10 nitrogen and oxygen atoms in total. The van der Waals surface area contributed by atoms with Crippen LogP contribution in [0.4, 0.5) is 4.79 Å². The van der Waals surface area contributed by atoms with Crippen molar-refractivity contribution in [2.24, 2.45) is 5.73 Å². The van der Waals surface area contributed by atoms with Crippen molar-refractivity contribution < 1.29 is 19.5 Å². The van der Waals surface area contributed by atoms with Crippen LogP contribution in [0, 0.1) is 0 Å².